The molecule has 1 aromatic carbocycles. The molecule has 0 aliphatic carbocycles. The van der Waals surface area contributed by atoms with Crippen LogP contribution in [0.2, 0.25) is 5.02 Å². The molecule has 1 aromatic rings. The number of amides is 1. The van der Waals surface area contributed by atoms with Crippen molar-refractivity contribution in [1.82, 2.24) is 5.32 Å². The largest absolute Gasteiger partial charge is 0.495 e. The molecular weight excluding hydrogens is 275 g/mol. The Kier molecular flexibility index (Phi) is 5.72. The molecule has 4 nitrogen and oxygen atoms in total. The molecule has 0 aromatic heterocycles. The standard InChI is InChI=1S/C12H15ClN2O2.ClH/c1-17-11-3-2-9(6-10(11)13)15-12(16)8-4-5-14-7-8;/h2-3,6,8,14H,4-5,7H2,1H3,(H,15,16);1H. The van der Waals surface area contributed by atoms with E-state index in [0.29, 0.717) is 16.5 Å². The van der Waals surface area contributed by atoms with Crippen LogP contribution in [0.3, 0.4) is 0 Å². The van der Waals surface area contributed by atoms with Gasteiger partial charge >= 0.3 is 0 Å². The fourth-order valence-corrected chi connectivity index (χ4v) is 2.12. The molecule has 0 radical (unpaired) electrons. The Hall–Kier alpha value is -0.970. The highest BCUT2D eigenvalue weighted by molar-refractivity contribution is 6.32. The molecule has 1 aliphatic rings. The molecule has 0 bridgehead atoms. The molecule has 1 heterocycles. The molecule has 1 atom stereocenters. The molecule has 2 rings (SSSR count). The van der Waals surface area contributed by atoms with Crippen molar-refractivity contribution in [1.29, 1.82) is 0 Å². The zero-order valence-electron chi connectivity index (χ0n) is 10.0. The summed E-state index contributed by atoms with van der Waals surface area (Å²) < 4.78 is 5.05. The summed E-state index contributed by atoms with van der Waals surface area (Å²) in [6.45, 7) is 1.65. The van der Waals surface area contributed by atoms with Gasteiger partial charge in [-0.25, -0.2) is 0 Å². The highest BCUT2D eigenvalue weighted by Gasteiger charge is 2.22. The summed E-state index contributed by atoms with van der Waals surface area (Å²) in [5.74, 6) is 0.694. The molecular formula is C12H16Cl2N2O2. The Morgan fingerprint density at radius 2 is 2.33 bits per heavy atom. The van der Waals surface area contributed by atoms with Crippen LogP contribution >= 0.6 is 24.0 Å². The Bertz CT molecular complexity index is 421. The summed E-state index contributed by atoms with van der Waals surface area (Å²) in [4.78, 5) is 11.9. The van der Waals surface area contributed by atoms with E-state index in [1.807, 2.05) is 0 Å². The first-order chi connectivity index (χ1) is 8.20. The molecule has 1 aliphatic heterocycles. The van der Waals surface area contributed by atoms with E-state index in [4.69, 9.17) is 16.3 Å². The number of hydrogen-bond donors (Lipinski definition) is 2. The average molecular weight is 291 g/mol. The van der Waals surface area contributed by atoms with Crippen LogP contribution in [0, 0.1) is 5.92 Å². The van der Waals surface area contributed by atoms with Crippen molar-refractivity contribution in [2.75, 3.05) is 25.5 Å². The summed E-state index contributed by atoms with van der Waals surface area (Å²) >= 11 is 5.98. The number of rotatable bonds is 3. The predicted molar refractivity (Wildman–Crippen MR) is 74.9 cm³/mol. The lowest BCUT2D eigenvalue weighted by atomic mass is 10.1. The van der Waals surface area contributed by atoms with Gasteiger partial charge in [0.05, 0.1) is 18.1 Å². The molecule has 1 amide bonds. The Morgan fingerprint density at radius 3 is 2.89 bits per heavy atom. The lowest BCUT2D eigenvalue weighted by Crippen LogP contribution is -2.24. The monoisotopic (exact) mass is 290 g/mol. The number of carbonyl (C=O) groups is 1. The van der Waals surface area contributed by atoms with Gasteiger partial charge in [0, 0.05) is 12.2 Å². The number of ether oxygens (including phenoxy) is 1. The molecule has 1 saturated heterocycles. The summed E-state index contributed by atoms with van der Waals surface area (Å²) in [5.41, 5.74) is 0.702. The maximum absolute atomic E-state index is 11.9. The van der Waals surface area contributed by atoms with Gasteiger partial charge in [0.15, 0.2) is 0 Å². The van der Waals surface area contributed by atoms with Crippen LogP contribution < -0.4 is 15.4 Å². The van der Waals surface area contributed by atoms with E-state index < -0.39 is 0 Å². The highest BCUT2D eigenvalue weighted by Crippen LogP contribution is 2.27. The number of carbonyl (C=O) groups excluding carboxylic acids is 1. The summed E-state index contributed by atoms with van der Waals surface area (Å²) in [6.07, 6.45) is 0.885. The minimum absolute atomic E-state index is 0. The first-order valence-electron chi connectivity index (χ1n) is 5.56. The summed E-state index contributed by atoms with van der Waals surface area (Å²) in [6, 6.07) is 5.22. The second-order valence-corrected chi connectivity index (χ2v) is 4.44. The topological polar surface area (TPSA) is 50.4 Å². The fraction of sp³-hybridized carbons (Fsp3) is 0.417. The van der Waals surface area contributed by atoms with Crippen LogP contribution in [0.1, 0.15) is 6.42 Å². The highest BCUT2D eigenvalue weighted by atomic mass is 35.5. The molecule has 0 spiro atoms. The quantitative estimate of drug-likeness (QED) is 0.898. The van der Waals surface area contributed by atoms with Crippen LogP contribution in [0.4, 0.5) is 5.69 Å². The van der Waals surface area contributed by atoms with Crippen LogP contribution in [0.15, 0.2) is 18.2 Å². The van der Waals surface area contributed by atoms with Crippen molar-refractivity contribution in [2.24, 2.45) is 5.92 Å². The van der Waals surface area contributed by atoms with Crippen molar-refractivity contribution in [3.63, 3.8) is 0 Å². The normalized spacial score (nSPS) is 18.0. The zero-order chi connectivity index (χ0) is 12.3. The first kappa shape index (κ1) is 15.1. The third-order valence-electron chi connectivity index (χ3n) is 2.85. The number of nitrogens with one attached hydrogen (secondary N) is 2. The average Bonchev–Trinajstić information content (AvgIpc) is 2.82. The number of halogens is 2. The van der Waals surface area contributed by atoms with Gasteiger partial charge < -0.3 is 15.4 Å². The van der Waals surface area contributed by atoms with Crippen molar-refractivity contribution >= 4 is 35.6 Å². The third kappa shape index (κ3) is 3.51. The minimum atomic E-state index is 0. The van der Waals surface area contributed by atoms with Gasteiger partial charge in [-0.15, -0.1) is 12.4 Å². The molecule has 1 fully saturated rings. The van der Waals surface area contributed by atoms with E-state index in [-0.39, 0.29) is 24.2 Å². The Labute approximate surface area is 117 Å². The van der Waals surface area contributed by atoms with E-state index >= 15 is 0 Å². The van der Waals surface area contributed by atoms with Crippen LogP contribution in [-0.2, 0) is 4.79 Å². The fourth-order valence-electron chi connectivity index (χ4n) is 1.87. The zero-order valence-corrected chi connectivity index (χ0v) is 11.6. The van der Waals surface area contributed by atoms with Gasteiger partial charge in [-0.05, 0) is 31.2 Å². The van der Waals surface area contributed by atoms with E-state index in [9.17, 15) is 4.79 Å². The van der Waals surface area contributed by atoms with Crippen molar-refractivity contribution < 1.29 is 9.53 Å². The summed E-state index contributed by atoms with van der Waals surface area (Å²) in [7, 11) is 1.56. The number of anilines is 1. The predicted octanol–water partition coefficient (Wildman–Crippen LogP) is 2.32. The number of methoxy groups -OCH3 is 1. The Balaban J connectivity index is 0.00000162. The lowest BCUT2D eigenvalue weighted by Gasteiger charge is -2.11. The minimum Gasteiger partial charge on any atom is -0.495 e. The smallest absolute Gasteiger partial charge is 0.228 e. The SMILES string of the molecule is COc1ccc(NC(=O)C2CCNC2)cc1Cl.Cl. The van der Waals surface area contributed by atoms with Gasteiger partial charge in [0.2, 0.25) is 5.91 Å². The van der Waals surface area contributed by atoms with Gasteiger partial charge in [0.25, 0.3) is 0 Å². The maximum Gasteiger partial charge on any atom is 0.228 e. The number of hydrogen-bond acceptors (Lipinski definition) is 3. The summed E-state index contributed by atoms with van der Waals surface area (Å²) in [5, 5.41) is 6.51. The van der Waals surface area contributed by atoms with E-state index in [1.54, 1.807) is 25.3 Å². The third-order valence-corrected chi connectivity index (χ3v) is 3.15. The molecule has 100 valence electrons. The molecule has 1 unspecified atom stereocenters. The van der Waals surface area contributed by atoms with E-state index in [0.717, 1.165) is 19.5 Å². The molecule has 18 heavy (non-hydrogen) atoms. The van der Waals surface area contributed by atoms with Crippen molar-refractivity contribution in [3.05, 3.63) is 23.2 Å². The first-order valence-corrected chi connectivity index (χ1v) is 5.93. The second-order valence-electron chi connectivity index (χ2n) is 4.03. The van der Waals surface area contributed by atoms with Gasteiger partial charge in [-0.3, -0.25) is 4.79 Å². The van der Waals surface area contributed by atoms with Crippen LogP contribution in [0.5, 0.6) is 5.75 Å². The van der Waals surface area contributed by atoms with Crippen molar-refractivity contribution in [2.45, 2.75) is 6.42 Å². The van der Waals surface area contributed by atoms with Crippen molar-refractivity contribution in [3.8, 4) is 5.75 Å². The Morgan fingerprint density at radius 1 is 1.56 bits per heavy atom. The molecule has 6 heteroatoms. The van der Waals surface area contributed by atoms with Crippen LogP contribution in [-0.4, -0.2) is 26.1 Å². The van der Waals surface area contributed by atoms with E-state index in [2.05, 4.69) is 10.6 Å². The maximum atomic E-state index is 11.9. The van der Waals surface area contributed by atoms with Crippen LogP contribution in [0.25, 0.3) is 0 Å². The molecule has 2 N–H and O–H groups in total. The number of benzene rings is 1. The van der Waals surface area contributed by atoms with Gasteiger partial charge in [-0.2, -0.15) is 0 Å². The second kappa shape index (κ2) is 6.83. The van der Waals surface area contributed by atoms with Gasteiger partial charge in [-0.1, -0.05) is 11.6 Å². The molecule has 0 saturated carbocycles. The lowest BCUT2D eigenvalue weighted by molar-refractivity contribution is -0.119. The van der Waals surface area contributed by atoms with Gasteiger partial charge in [0.1, 0.15) is 5.75 Å². The van der Waals surface area contributed by atoms with E-state index in [1.165, 1.54) is 0 Å².